The highest BCUT2D eigenvalue weighted by atomic mass is 16.5. The largest absolute Gasteiger partial charge is 0.455 e. The van der Waals surface area contributed by atoms with Crippen molar-refractivity contribution in [1.29, 1.82) is 0 Å². The first-order chi connectivity index (χ1) is 18.2. The van der Waals surface area contributed by atoms with Crippen LogP contribution in [-0.2, 0) is 14.3 Å². The van der Waals surface area contributed by atoms with Crippen LogP contribution in [0.4, 0.5) is 0 Å². The molecule has 0 aromatic carbocycles. The lowest BCUT2D eigenvalue weighted by molar-refractivity contribution is -0.142. The molecule has 0 aromatic heterocycles. The van der Waals surface area contributed by atoms with Gasteiger partial charge >= 0.3 is 5.97 Å². The van der Waals surface area contributed by atoms with Crippen LogP contribution in [0.15, 0.2) is 70.9 Å². The minimum atomic E-state index is -0.250. The molecule has 0 aliphatic heterocycles. The Morgan fingerprint density at radius 2 is 1.53 bits per heavy atom. The number of carbonyl (C=O) groups excluding carboxylic acids is 2. The number of ether oxygens (including phenoxy) is 1. The number of esters is 1. The van der Waals surface area contributed by atoms with Gasteiger partial charge in [-0.2, -0.15) is 0 Å². The van der Waals surface area contributed by atoms with E-state index in [0.717, 1.165) is 61.5 Å². The summed E-state index contributed by atoms with van der Waals surface area (Å²) in [5.41, 5.74) is 4.40. The molecule has 38 heavy (non-hydrogen) atoms. The molecule has 1 N–H and O–H groups in total. The van der Waals surface area contributed by atoms with Crippen molar-refractivity contribution in [2.75, 3.05) is 6.61 Å². The molecule has 0 spiro atoms. The van der Waals surface area contributed by atoms with Crippen molar-refractivity contribution in [3.05, 3.63) is 70.9 Å². The van der Waals surface area contributed by atoms with Crippen molar-refractivity contribution in [3.8, 4) is 0 Å². The van der Waals surface area contributed by atoms with Crippen molar-refractivity contribution in [1.82, 2.24) is 0 Å². The SMILES string of the molecule is CC1=C(/C=C/C(C)=C/C=C/C(C)=C/C=O)C(C)(C)CCC1OC(=O)/C=C/CCCCCCCCCCCO. The van der Waals surface area contributed by atoms with Crippen LogP contribution >= 0.6 is 0 Å². The second kappa shape index (κ2) is 19.6. The minimum Gasteiger partial charge on any atom is -0.455 e. The second-order valence-corrected chi connectivity index (χ2v) is 11.2. The van der Waals surface area contributed by atoms with Gasteiger partial charge in [0, 0.05) is 12.7 Å². The van der Waals surface area contributed by atoms with Crippen LogP contribution in [0.1, 0.15) is 112 Å². The third-order valence-corrected chi connectivity index (χ3v) is 7.27. The first-order valence-electron chi connectivity index (χ1n) is 14.6. The molecule has 212 valence electrons. The number of rotatable bonds is 18. The van der Waals surface area contributed by atoms with E-state index in [1.807, 2.05) is 31.2 Å². The maximum Gasteiger partial charge on any atom is 0.331 e. The molecule has 0 aromatic rings. The Hall–Kier alpha value is -2.46. The van der Waals surface area contributed by atoms with E-state index >= 15 is 0 Å². The van der Waals surface area contributed by atoms with E-state index in [-0.39, 0.29) is 17.5 Å². The van der Waals surface area contributed by atoms with E-state index in [0.29, 0.717) is 6.61 Å². The highest BCUT2D eigenvalue weighted by Crippen LogP contribution is 2.42. The molecule has 0 bridgehead atoms. The van der Waals surface area contributed by atoms with Crippen LogP contribution in [0, 0.1) is 5.41 Å². The molecule has 0 heterocycles. The molecular weight excluding hydrogens is 472 g/mol. The Balaban J connectivity index is 2.53. The molecular formula is C34H52O4. The maximum absolute atomic E-state index is 12.5. The Labute approximate surface area is 232 Å². The fraction of sp³-hybridized carbons (Fsp3) is 0.588. The van der Waals surface area contributed by atoms with Crippen LogP contribution in [0.5, 0.6) is 0 Å². The van der Waals surface area contributed by atoms with Gasteiger partial charge in [0.15, 0.2) is 0 Å². The zero-order chi connectivity index (χ0) is 28.2. The average Bonchev–Trinajstić information content (AvgIpc) is 2.86. The van der Waals surface area contributed by atoms with E-state index in [9.17, 15) is 9.59 Å². The lowest BCUT2D eigenvalue weighted by Gasteiger charge is -2.36. The van der Waals surface area contributed by atoms with Gasteiger partial charge in [0.25, 0.3) is 0 Å². The molecule has 1 unspecified atom stereocenters. The van der Waals surface area contributed by atoms with E-state index in [1.54, 1.807) is 6.08 Å². The van der Waals surface area contributed by atoms with Gasteiger partial charge in [-0.05, 0) is 81.1 Å². The van der Waals surface area contributed by atoms with Gasteiger partial charge in [0.05, 0.1) is 0 Å². The molecule has 1 rings (SSSR count). The first-order valence-corrected chi connectivity index (χ1v) is 14.6. The van der Waals surface area contributed by atoms with Crippen molar-refractivity contribution in [3.63, 3.8) is 0 Å². The van der Waals surface area contributed by atoms with Crippen molar-refractivity contribution >= 4 is 12.3 Å². The number of allylic oxidation sites excluding steroid dienone is 10. The lowest BCUT2D eigenvalue weighted by Crippen LogP contribution is -2.30. The summed E-state index contributed by atoms with van der Waals surface area (Å²) in [6.07, 6.45) is 29.2. The van der Waals surface area contributed by atoms with Gasteiger partial charge in [-0.15, -0.1) is 0 Å². The van der Waals surface area contributed by atoms with Gasteiger partial charge in [-0.25, -0.2) is 4.79 Å². The third kappa shape index (κ3) is 14.5. The minimum absolute atomic E-state index is 0.0260. The summed E-state index contributed by atoms with van der Waals surface area (Å²) < 4.78 is 5.85. The van der Waals surface area contributed by atoms with Gasteiger partial charge in [0.1, 0.15) is 12.4 Å². The third-order valence-electron chi connectivity index (χ3n) is 7.27. The van der Waals surface area contributed by atoms with Crippen molar-refractivity contribution < 1.29 is 19.4 Å². The lowest BCUT2D eigenvalue weighted by atomic mass is 9.71. The van der Waals surface area contributed by atoms with Gasteiger partial charge in [-0.1, -0.05) is 101 Å². The maximum atomic E-state index is 12.5. The molecule has 0 radical (unpaired) electrons. The number of unbranched alkanes of at least 4 members (excludes halogenated alkanes) is 9. The Kier molecular flexibility index (Phi) is 17.3. The Bertz CT molecular complexity index is 895. The average molecular weight is 525 g/mol. The summed E-state index contributed by atoms with van der Waals surface area (Å²) in [4.78, 5) is 23.0. The highest BCUT2D eigenvalue weighted by molar-refractivity contribution is 5.82. The zero-order valence-electron chi connectivity index (χ0n) is 24.6. The number of aldehydes is 1. The topological polar surface area (TPSA) is 63.6 Å². The van der Waals surface area contributed by atoms with E-state index in [1.165, 1.54) is 50.2 Å². The number of aliphatic hydroxyl groups is 1. The first kappa shape index (κ1) is 33.6. The predicted molar refractivity (Wildman–Crippen MR) is 160 cm³/mol. The quantitative estimate of drug-likeness (QED) is 0.0640. The van der Waals surface area contributed by atoms with E-state index < -0.39 is 0 Å². The normalized spacial score (nSPS) is 18.7. The standard InChI is InChI=1S/C34H52O4/c1-28(18-17-19-29(2)24-27-36)21-22-31-30(3)32(23-25-34(31,4)5)38-33(37)20-15-13-11-9-7-6-8-10-12-14-16-26-35/h15,17-22,24,27,32,35H,6-14,16,23,25-26H2,1-5H3/b19-17+,20-15+,22-21+,28-18+,29-24+. The van der Waals surface area contributed by atoms with E-state index in [2.05, 4.69) is 39.8 Å². The second-order valence-electron chi connectivity index (χ2n) is 11.2. The fourth-order valence-corrected chi connectivity index (χ4v) is 4.81. The molecule has 4 heteroatoms. The Morgan fingerprint density at radius 3 is 2.16 bits per heavy atom. The molecule has 0 amide bonds. The van der Waals surface area contributed by atoms with Crippen LogP contribution in [0.3, 0.4) is 0 Å². The Morgan fingerprint density at radius 1 is 0.921 bits per heavy atom. The van der Waals surface area contributed by atoms with Crippen LogP contribution < -0.4 is 0 Å². The molecule has 4 nitrogen and oxygen atoms in total. The predicted octanol–water partition coefficient (Wildman–Crippen LogP) is 8.69. The van der Waals surface area contributed by atoms with Crippen molar-refractivity contribution in [2.24, 2.45) is 5.41 Å². The number of aliphatic hydroxyl groups excluding tert-OH is 1. The summed E-state index contributed by atoms with van der Waals surface area (Å²) in [5.74, 6) is -0.250. The smallest absolute Gasteiger partial charge is 0.331 e. The zero-order valence-corrected chi connectivity index (χ0v) is 24.6. The van der Waals surface area contributed by atoms with Gasteiger partial charge in [0.2, 0.25) is 0 Å². The summed E-state index contributed by atoms with van der Waals surface area (Å²) in [6.45, 7) is 10.8. The molecule has 1 atom stereocenters. The van der Waals surface area contributed by atoms with Gasteiger partial charge < -0.3 is 9.84 Å². The summed E-state index contributed by atoms with van der Waals surface area (Å²) >= 11 is 0. The number of carbonyl (C=O) groups is 2. The summed E-state index contributed by atoms with van der Waals surface area (Å²) in [5, 5.41) is 8.80. The van der Waals surface area contributed by atoms with Crippen LogP contribution in [0.25, 0.3) is 0 Å². The van der Waals surface area contributed by atoms with Crippen LogP contribution in [-0.4, -0.2) is 30.1 Å². The highest BCUT2D eigenvalue weighted by Gasteiger charge is 2.33. The fourth-order valence-electron chi connectivity index (χ4n) is 4.81. The molecule has 0 fully saturated rings. The van der Waals surface area contributed by atoms with Gasteiger partial charge in [-0.3, -0.25) is 4.79 Å². The van der Waals surface area contributed by atoms with Crippen molar-refractivity contribution in [2.45, 2.75) is 118 Å². The monoisotopic (exact) mass is 524 g/mol. The van der Waals surface area contributed by atoms with E-state index in [4.69, 9.17) is 9.84 Å². The number of hydrogen-bond acceptors (Lipinski definition) is 4. The summed E-state index contributed by atoms with van der Waals surface area (Å²) in [6, 6.07) is 0. The molecule has 0 saturated carbocycles. The molecule has 1 aliphatic carbocycles. The van der Waals surface area contributed by atoms with Crippen LogP contribution in [0.2, 0.25) is 0 Å². The number of hydrogen-bond donors (Lipinski definition) is 1. The molecule has 1 aliphatic rings. The summed E-state index contributed by atoms with van der Waals surface area (Å²) in [7, 11) is 0. The molecule has 0 saturated heterocycles.